The van der Waals surface area contributed by atoms with E-state index in [9.17, 15) is 4.79 Å². The Bertz CT molecular complexity index is 578. The number of pyridine rings is 2. The lowest BCUT2D eigenvalue weighted by Crippen LogP contribution is -2.23. The molecule has 0 unspecified atom stereocenters. The number of carbonyl (C=O) groups excluding carboxylic acids is 1. The molecule has 0 aliphatic heterocycles. The Morgan fingerprint density at radius 2 is 2.00 bits per heavy atom. The second-order valence-electron chi connectivity index (χ2n) is 4.85. The quantitative estimate of drug-likeness (QED) is 0.855. The van der Waals surface area contributed by atoms with Crippen molar-refractivity contribution in [3.05, 3.63) is 53.5 Å². The summed E-state index contributed by atoms with van der Waals surface area (Å²) >= 11 is 0. The number of anilines is 1. The largest absolute Gasteiger partial charge is 0.370 e. The molecule has 0 spiro atoms. The zero-order valence-electron chi connectivity index (χ0n) is 12.4. The summed E-state index contributed by atoms with van der Waals surface area (Å²) in [5.74, 6) is 0.654. The number of amides is 1. The lowest BCUT2D eigenvalue weighted by Gasteiger charge is -2.07. The third kappa shape index (κ3) is 4.56. The molecule has 0 bridgehead atoms. The molecule has 0 saturated heterocycles. The van der Waals surface area contributed by atoms with Crippen LogP contribution in [0.4, 0.5) is 5.82 Å². The van der Waals surface area contributed by atoms with Gasteiger partial charge < -0.3 is 10.6 Å². The molecule has 0 atom stereocenters. The molecule has 2 aromatic rings. The van der Waals surface area contributed by atoms with Crippen LogP contribution >= 0.6 is 0 Å². The average Bonchev–Trinajstić information content (AvgIpc) is 2.52. The van der Waals surface area contributed by atoms with E-state index >= 15 is 0 Å². The smallest absolute Gasteiger partial charge is 0.253 e. The van der Waals surface area contributed by atoms with Gasteiger partial charge >= 0.3 is 0 Å². The molecule has 0 radical (unpaired) electrons. The number of rotatable bonds is 6. The van der Waals surface area contributed by atoms with Crippen LogP contribution in [-0.2, 0) is 6.54 Å². The summed E-state index contributed by atoms with van der Waals surface area (Å²) in [6, 6.07) is 7.47. The van der Waals surface area contributed by atoms with Crippen molar-refractivity contribution in [1.29, 1.82) is 0 Å². The summed E-state index contributed by atoms with van der Waals surface area (Å²) in [6.07, 6.45) is 4.39. The van der Waals surface area contributed by atoms with Crippen LogP contribution in [0, 0.1) is 6.92 Å². The average molecular weight is 284 g/mol. The molecule has 110 valence electrons. The molecule has 2 aromatic heterocycles. The molecule has 5 nitrogen and oxygen atoms in total. The van der Waals surface area contributed by atoms with E-state index in [0.29, 0.717) is 12.1 Å². The van der Waals surface area contributed by atoms with Gasteiger partial charge in [-0.1, -0.05) is 13.0 Å². The first-order valence-electron chi connectivity index (χ1n) is 7.08. The Hall–Kier alpha value is -2.43. The minimum atomic E-state index is -0.134. The summed E-state index contributed by atoms with van der Waals surface area (Å²) in [7, 11) is 0. The first-order chi connectivity index (χ1) is 10.2. The topological polar surface area (TPSA) is 66.9 Å². The van der Waals surface area contributed by atoms with Gasteiger partial charge in [-0.25, -0.2) is 4.98 Å². The first-order valence-corrected chi connectivity index (χ1v) is 7.08. The number of hydrogen-bond acceptors (Lipinski definition) is 4. The zero-order valence-corrected chi connectivity index (χ0v) is 12.4. The van der Waals surface area contributed by atoms with E-state index in [1.54, 1.807) is 18.5 Å². The van der Waals surface area contributed by atoms with Crippen molar-refractivity contribution in [1.82, 2.24) is 15.3 Å². The number of aromatic nitrogens is 2. The van der Waals surface area contributed by atoms with E-state index in [1.165, 1.54) is 0 Å². The molecule has 21 heavy (non-hydrogen) atoms. The fourth-order valence-electron chi connectivity index (χ4n) is 1.77. The number of hydrogen-bond donors (Lipinski definition) is 2. The van der Waals surface area contributed by atoms with Crippen molar-refractivity contribution in [2.75, 3.05) is 11.9 Å². The monoisotopic (exact) mass is 284 g/mol. The van der Waals surface area contributed by atoms with Crippen LogP contribution in [0.1, 0.15) is 35.0 Å². The Morgan fingerprint density at radius 3 is 2.62 bits per heavy atom. The molecule has 2 heterocycles. The molecular formula is C16H20N4O. The van der Waals surface area contributed by atoms with Crippen LogP contribution in [0.25, 0.3) is 0 Å². The molecule has 1 amide bonds. The van der Waals surface area contributed by atoms with Crippen LogP contribution < -0.4 is 10.6 Å². The van der Waals surface area contributed by atoms with Gasteiger partial charge in [0.05, 0.1) is 5.56 Å². The van der Waals surface area contributed by atoms with Crippen molar-refractivity contribution in [3.8, 4) is 0 Å². The van der Waals surface area contributed by atoms with E-state index < -0.39 is 0 Å². The van der Waals surface area contributed by atoms with Crippen molar-refractivity contribution in [2.45, 2.75) is 26.8 Å². The molecule has 0 aliphatic rings. The highest BCUT2D eigenvalue weighted by atomic mass is 16.1. The summed E-state index contributed by atoms with van der Waals surface area (Å²) < 4.78 is 0. The van der Waals surface area contributed by atoms with Crippen molar-refractivity contribution >= 4 is 11.7 Å². The van der Waals surface area contributed by atoms with Gasteiger partial charge in [-0.2, -0.15) is 0 Å². The lowest BCUT2D eigenvalue weighted by molar-refractivity contribution is 0.0950. The predicted molar refractivity (Wildman–Crippen MR) is 83.2 cm³/mol. The zero-order chi connectivity index (χ0) is 15.1. The summed E-state index contributed by atoms with van der Waals surface area (Å²) in [5.41, 5.74) is 2.49. The number of nitrogens with one attached hydrogen (secondary N) is 2. The minimum absolute atomic E-state index is 0.134. The standard InChI is InChI=1S/C16H20N4O/c1-3-8-17-15-7-6-14(11-19-15)16(21)20-10-13-5-4-12(2)18-9-13/h4-7,9,11H,3,8,10H2,1-2H3,(H,17,19)(H,20,21). The fraction of sp³-hybridized carbons (Fsp3) is 0.312. The minimum Gasteiger partial charge on any atom is -0.370 e. The van der Waals surface area contributed by atoms with Crippen molar-refractivity contribution in [2.24, 2.45) is 0 Å². The molecule has 0 saturated carbocycles. The van der Waals surface area contributed by atoms with Crippen LogP contribution in [0.15, 0.2) is 36.7 Å². The van der Waals surface area contributed by atoms with Gasteiger partial charge in [-0.05, 0) is 37.1 Å². The van der Waals surface area contributed by atoms with Crippen LogP contribution in [0.3, 0.4) is 0 Å². The van der Waals surface area contributed by atoms with Gasteiger partial charge in [0.25, 0.3) is 5.91 Å². The Morgan fingerprint density at radius 1 is 1.14 bits per heavy atom. The molecule has 2 N–H and O–H groups in total. The number of aryl methyl sites for hydroxylation is 1. The van der Waals surface area contributed by atoms with Gasteiger partial charge in [0.1, 0.15) is 5.82 Å². The molecule has 0 aliphatic carbocycles. The molecule has 0 aromatic carbocycles. The van der Waals surface area contributed by atoms with Crippen molar-refractivity contribution in [3.63, 3.8) is 0 Å². The van der Waals surface area contributed by atoms with Crippen LogP contribution in [0.5, 0.6) is 0 Å². The summed E-state index contributed by atoms with van der Waals surface area (Å²) in [4.78, 5) is 20.4. The van der Waals surface area contributed by atoms with Gasteiger partial charge in [0.15, 0.2) is 0 Å². The highest BCUT2D eigenvalue weighted by molar-refractivity contribution is 5.93. The molecule has 0 fully saturated rings. The second-order valence-corrected chi connectivity index (χ2v) is 4.85. The van der Waals surface area contributed by atoms with Gasteiger partial charge in [-0.15, -0.1) is 0 Å². The maximum absolute atomic E-state index is 12.0. The van der Waals surface area contributed by atoms with Gasteiger partial charge in [0.2, 0.25) is 0 Å². The van der Waals surface area contributed by atoms with E-state index in [-0.39, 0.29) is 5.91 Å². The summed E-state index contributed by atoms with van der Waals surface area (Å²) in [5, 5.41) is 6.03. The first kappa shape index (κ1) is 15.0. The number of carbonyl (C=O) groups is 1. The summed E-state index contributed by atoms with van der Waals surface area (Å²) in [6.45, 7) is 5.36. The Kier molecular flexibility index (Phi) is 5.26. The highest BCUT2D eigenvalue weighted by Gasteiger charge is 2.06. The highest BCUT2D eigenvalue weighted by Crippen LogP contribution is 2.06. The maximum Gasteiger partial charge on any atom is 0.253 e. The Labute approximate surface area is 124 Å². The van der Waals surface area contributed by atoms with Gasteiger partial charge in [0, 0.05) is 31.2 Å². The van der Waals surface area contributed by atoms with E-state index in [0.717, 1.165) is 30.0 Å². The fourth-order valence-corrected chi connectivity index (χ4v) is 1.77. The van der Waals surface area contributed by atoms with Gasteiger partial charge in [-0.3, -0.25) is 9.78 Å². The Balaban J connectivity index is 1.89. The van der Waals surface area contributed by atoms with E-state index in [4.69, 9.17) is 0 Å². The third-order valence-corrected chi connectivity index (χ3v) is 3.01. The van der Waals surface area contributed by atoms with E-state index in [1.807, 2.05) is 25.1 Å². The van der Waals surface area contributed by atoms with E-state index in [2.05, 4.69) is 27.5 Å². The molecule has 5 heteroatoms. The maximum atomic E-state index is 12.0. The normalized spacial score (nSPS) is 10.2. The third-order valence-electron chi connectivity index (χ3n) is 3.01. The second kappa shape index (κ2) is 7.38. The number of nitrogens with zero attached hydrogens (tertiary/aromatic N) is 2. The molecular weight excluding hydrogens is 264 g/mol. The van der Waals surface area contributed by atoms with Crippen molar-refractivity contribution < 1.29 is 4.79 Å². The van der Waals surface area contributed by atoms with Crippen LogP contribution in [0.2, 0.25) is 0 Å². The van der Waals surface area contributed by atoms with Crippen LogP contribution in [-0.4, -0.2) is 22.4 Å². The molecule has 2 rings (SSSR count). The predicted octanol–water partition coefficient (Wildman–Crippen LogP) is 2.54. The lowest BCUT2D eigenvalue weighted by atomic mass is 10.2. The SMILES string of the molecule is CCCNc1ccc(C(=O)NCc2ccc(C)nc2)cn1.